The lowest BCUT2D eigenvalue weighted by atomic mass is 10.6. The zero-order valence-electron chi connectivity index (χ0n) is 8.34. The number of rotatable bonds is 7. The lowest BCUT2D eigenvalue weighted by molar-refractivity contribution is -0.636. The van der Waals surface area contributed by atoms with Crippen LogP contribution < -0.4 is 0 Å². The van der Waals surface area contributed by atoms with Crippen molar-refractivity contribution >= 4 is 0 Å². The van der Waals surface area contributed by atoms with Gasteiger partial charge in [-0.3, -0.25) is 0 Å². The molecular weight excluding hydrogens is 200 g/mol. The topological polar surface area (TPSA) is 95.8 Å². The molecule has 0 spiro atoms. The van der Waals surface area contributed by atoms with Gasteiger partial charge in [-0.05, 0) is 0 Å². The Balaban J connectivity index is 4.14. The standard InChI is InChI=1S/C6H14O8/c1-5(9-3,11-7)13-14-6(2,10-4)12-8/h7-8H,1-4H3. The Morgan fingerprint density at radius 1 is 0.786 bits per heavy atom. The molecule has 0 aliphatic carbocycles. The monoisotopic (exact) mass is 214 g/mol. The van der Waals surface area contributed by atoms with Crippen LogP contribution in [0, 0.1) is 0 Å². The van der Waals surface area contributed by atoms with Gasteiger partial charge in [-0.1, -0.05) is 0 Å². The van der Waals surface area contributed by atoms with Crippen LogP contribution in [0.15, 0.2) is 0 Å². The Kier molecular flexibility index (Phi) is 5.41. The van der Waals surface area contributed by atoms with Crippen molar-refractivity contribution in [1.29, 1.82) is 0 Å². The van der Waals surface area contributed by atoms with Gasteiger partial charge in [0.2, 0.25) is 0 Å². The zero-order valence-corrected chi connectivity index (χ0v) is 8.34. The molecule has 2 N–H and O–H groups in total. The molecule has 8 heteroatoms. The lowest BCUT2D eigenvalue weighted by Crippen LogP contribution is -2.41. The van der Waals surface area contributed by atoms with E-state index in [0.29, 0.717) is 0 Å². The fraction of sp³-hybridized carbons (Fsp3) is 1.00. The number of methoxy groups -OCH3 is 2. The maximum Gasteiger partial charge on any atom is 0.336 e. The summed E-state index contributed by atoms with van der Waals surface area (Å²) >= 11 is 0. The second kappa shape index (κ2) is 5.53. The molecule has 0 amide bonds. The molecule has 0 saturated heterocycles. The van der Waals surface area contributed by atoms with Crippen molar-refractivity contribution in [2.45, 2.75) is 25.8 Å². The second-order valence-corrected chi connectivity index (χ2v) is 2.48. The van der Waals surface area contributed by atoms with E-state index in [9.17, 15) is 0 Å². The van der Waals surface area contributed by atoms with E-state index in [2.05, 4.69) is 29.0 Å². The Labute approximate surface area is 80.6 Å². The SMILES string of the molecule is COC(C)(OO)OOC(C)(OC)OO. The van der Waals surface area contributed by atoms with Crippen LogP contribution in [-0.4, -0.2) is 36.7 Å². The number of hydrogen-bond donors (Lipinski definition) is 2. The first-order valence-corrected chi connectivity index (χ1v) is 3.57. The van der Waals surface area contributed by atoms with E-state index in [-0.39, 0.29) is 0 Å². The van der Waals surface area contributed by atoms with E-state index in [4.69, 9.17) is 10.5 Å². The summed E-state index contributed by atoms with van der Waals surface area (Å²) in [4.78, 5) is 16.6. The van der Waals surface area contributed by atoms with Crippen molar-refractivity contribution in [3.63, 3.8) is 0 Å². The van der Waals surface area contributed by atoms with Crippen LogP contribution >= 0.6 is 0 Å². The van der Waals surface area contributed by atoms with Gasteiger partial charge in [0.15, 0.2) is 0 Å². The molecule has 0 bridgehead atoms. The lowest BCUT2D eigenvalue weighted by Gasteiger charge is -2.28. The molecule has 14 heavy (non-hydrogen) atoms. The quantitative estimate of drug-likeness (QED) is 0.360. The molecule has 0 aliphatic rings. The minimum atomic E-state index is -1.85. The highest BCUT2D eigenvalue weighted by molar-refractivity contribution is 4.40. The molecule has 2 atom stereocenters. The van der Waals surface area contributed by atoms with Gasteiger partial charge in [0, 0.05) is 28.1 Å². The van der Waals surface area contributed by atoms with Crippen LogP contribution in [0.3, 0.4) is 0 Å². The van der Waals surface area contributed by atoms with E-state index in [1.807, 2.05) is 0 Å². The van der Waals surface area contributed by atoms with Gasteiger partial charge in [-0.25, -0.2) is 10.5 Å². The van der Waals surface area contributed by atoms with Crippen molar-refractivity contribution in [2.24, 2.45) is 0 Å². The highest BCUT2D eigenvalue weighted by Crippen LogP contribution is 2.19. The van der Waals surface area contributed by atoms with Crippen molar-refractivity contribution in [3.05, 3.63) is 0 Å². The Hall–Kier alpha value is -0.320. The minimum Gasteiger partial charge on any atom is -0.327 e. The smallest absolute Gasteiger partial charge is 0.327 e. The molecule has 86 valence electrons. The first kappa shape index (κ1) is 13.7. The van der Waals surface area contributed by atoms with Crippen molar-refractivity contribution in [3.8, 4) is 0 Å². The van der Waals surface area contributed by atoms with E-state index in [1.165, 1.54) is 28.1 Å². The molecular formula is C6H14O8. The van der Waals surface area contributed by atoms with E-state index in [1.54, 1.807) is 0 Å². The molecule has 8 nitrogen and oxygen atoms in total. The van der Waals surface area contributed by atoms with Crippen LogP contribution in [0.1, 0.15) is 13.8 Å². The van der Waals surface area contributed by atoms with Crippen molar-refractivity contribution in [1.82, 2.24) is 0 Å². The zero-order chi connectivity index (χ0) is 11.2. The minimum absolute atomic E-state index is 1.20. The summed E-state index contributed by atoms with van der Waals surface area (Å²) in [5.74, 6) is -3.70. The molecule has 0 aliphatic heterocycles. The maximum atomic E-state index is 8.35. The third kappa shape index (κ3) is 3.82. The van der Waals surface area contributed by atoms with Gasteiger partial charge in [0.05, 0.1) is 0 Å². The van der Waals surface area contributed by atoms with Gasteiger partial charge in [-0.2, -0.15) is 19.6 Å². The summed E-state index contributed by atoms with van der Waals surface area (Å²) in [7, 11) is 2.40. The predicted octanol–water partition coefficient (Wildman–Crippen LogP) is 0.554. The highest BCUT2D eigenvalue weighted by Gasteiger charge is 2.35. The summed E-state index contributed by atoms with van der Waals surface area (Å²) in [5, 5.41) is 16.7. The van der Waals surface area contributed by atoms with E-state index < -0.39 is 11.9 Å². The maximum absolute atomic E-state index is 8.35. The fourth-order valence-corrected chi connectivity index (χ4v) is 0.324. The van der Waals surface area contributed by atoms with Gasteiger partial charge >= 0.3 is 11.9 Å². The van der Waals surface area contributed by atoms with E-state index in [0.717, 1.165) is 0 Å². The van der Waals surface area contributed by atoms with Crippen LogP contribution in [0.4, 0.5) is 0 Å². The predicted molar refractivity (Wildman–Crippen MR) is 40.4 cm³/mol. The summed E-state index contributed by atoms with van der Waals surface area (Å²) < 4.78 is 9.12. The van der Waals surface area contributed by atoms with Crippen molar-refractivity contribution in [2.75, 3.05) is 14.2 Å². The molecule has 2 unspecified atom stereocenters. The van der Waals surface area contributed by atoms with Crippen LogP contribution in [-0.2, 0) is 29.0 Å². The van der Waals surface area contributed by atoms with Crippen LogP contribution in [0.2, 0.25) is 0 Å². The van der Waals surface area contributed by atoms with Crippen LogP contribution in [0.25, 0.3) is 0 Å². The van der Waals surface area contributed by atoms with Gasteiger partial charge in [0.1, 0.15) is 0 Å². The summed E-state index contributed by atoms with van der Waals surface area (Å²) in [6.07, 6.45) is 0. The molecule has 0 fully saturated rings. The van der Waals surface area contributed by atoms with Crippen LogP contribution in [0.5, 0.6) is 0 Å². The third-order valence-electron chi connectivity index (χ3n) is 1.42. The third-order valence-corrected chi connectivity index (χ3v) is 1.42. The Bertz CT molecular complexity index is 134. The number of hydrogen-bond acceptors (Lipinski definition) is 8. The van der Waals surface area contributed by atoms with Gasteiger partial charge in [0.25, 0.3) is 0 Å². The molecule has 0 rings (SSSR count). The van der Waals surface area contributed by atoms with Crippen molar-refractivity contribution < 1.29 is 39.5 Å². The Morgan fingerprint density at radius 3 is 1.21 bits per heavy atom. The molecule has 0 aromatic carbocycles. The first-order chi connectivity index (χ1) is 6.45. The normalized spacial score (nSPS) is 20.1. The average molecular weight is 214 g/mol. The molecule has 0 aromatic heterocycles. The van der Waals surface area contributed by atoms with Gasteiger partial charge < -0.3 is 9.47 Å². The summed E-state index contributed by atoms with van der Waals surface area (Å²) in [6.45, 7) is 2.42. The summed E-state index contributed by atoms with van der Waals surface area (Å²) in [5.41, 5.74) is 0. The number of ether oxygens (including phenoxy) is 2. The molecule has 0 saturated carbocycles. The second-order valence-electron chi connectivity index (χ2n) is 2.48. The fourth-order valence-electron chi connectivity index (χ4n) is 0.324. The molecule has 0 radical (unpaired) electrons. The van der Waals surface area contributed by atoms with Gasteiger partial charge in [-0.15, -0.1) is 0 Å². The molecule has 0 heterocycles. The summed E-state index contributed by atoms with van der Waals surface area (Å²) in [6, 6.07) is 0. The Morgan fingerprint density at radius 2 is 1.07 bits per heavy atom. The first-order valence-electron chi connectivity index (χ1n) is 3.57. The largest absolute Gasteiger partial charge is 0.336 e. The average Bonchev–Trinajstić information content (AvgIpc) is 2.25. The molecule has 0 aromatic rings. The van der Waals surface area contributed by atoms with E-state index >= 15 is 0 Å². The highest BCUT2D eigenvalue weighted by atomic mass is 17.4.